The monoisotopic (exact) mass is 282 g/mol. The molecule has 2 aromatic carbocycles. The summed E-state index contributed by atoms with van der Waals surface area (Å²) in [4.78, 5) is 0. The van der Waals surface area contributed by atoms with E-state index in [0.29, 0.717) is 6.61 Å². The quantitative estimate of drug-likeness (QED) is 0.811. The molecule has 4 heteroatoms. The average Bonchev–Trinajstić information content (AvgIpc) is 3.00. The predicted octanol–water partition coefficient (Wildman–Crippen LogP) is 2.85. The van der Waals surface area contributed by atoms with Crippen molar-refractivity contribution in [1.29, 1.82) is 0 Å². The lowest BCUT2D eigenvalue weighted by Crippen LogP contribution is -1.94. The van der Waals surface area contributed by atoms with Crippen LogP contribution in [-0.4, -0.2) is 20.5 Å². The minimum Gasteiger partial charge on any atom is -0.497 e. The molecule has 1 heterocycles. The standard InChI is InChI=1S/C17H14O4/c1-18-14-5-7-15(8-6-14)19-10-2-3-13-4-9-16-17(11-13)21-12-20-16/h4-9,11H,10,12H2,1H3. The molecule has 0 bridgehead atoms. The average molecular weight is 282 g/mol. The van der Waals surface area contributed by atoms with Gasteiger partial charge in [-0.05, 0) is 42.5 Å². The second-order valence-electron chi connectivity index (χ2n) is 4.33. The van der Waals surface area contributed by atoms with Gasteiger partial charge in [0, 0.05) is 5.56 Å². The van der Waals surface area contributed by atoms with E-state index in [2.05, 4.69) is 11.8 Å². The molecule has 0 spiro atoms. The molecule has 0 saturated carbocycles. The molecule has 0 atom stereocenters. The molecule has 0 aliphatic carbocycles. The molecular formula is C17H14O4. The zero-order chi connectivity index (χ0) is 14.5. The van der Waals surface area contributed by atoms with Crippen molar-refractivity contribution in [2.24, 2.45) is 0 Å². The smallest absolute Gasteiger partial charge is 0.231 e. The summed E-state index contributed by atoms with van der Waals surface area (Å²) in [6.45, 7) is 0.591. The predicted molar refractivity (Wildman–Crippen MR) is 77.9 cm³/mol. The summed E-state index contributed by atoms with van der Waals surface area (Å²) < 4.78 is 21.2. The lowest BCUT2D eigenvalue weighted by atomic mass is 10.2. The van der Waals surface area contributed by atoms with Crippen molar-refractivity contribution in [2.45, 2.75) is 0 Å². The summed E-state index contributed by atoms with van der Waals surface area (Å²) in [7, 11) is 1.63. The first-order valence-corrected chi connectivity index (χ1v) is 6.50. The Morgan fingerprint density at radius 3 is 2.57 bits per heavy atom. The van der Waals surface area contributed by atoms with Gasteiger partial charge in [0.05, 0.1) is 7.11 Å². The second kappa shape index (κ2) is 6.10. The van der Waals surface area contributed by atoms with Gasteiger partial charge in [-0.15, -0.1) is 0 Å². The van der Waals surface area contributed by atoms with Crippen LogP contribution in [0.4, 0.5) is 0 Å². The van der Waals surface area contributed by atoms with Crippen molar-refractivity contribution in [3.63, 3.8) is 0 Å². The first-order chi connectivity index (χ1) is 10.3. The van der Waals surface area contributed by atoms with Crippen molar-refractivity contribution in [2.75, 3.05) is 20.5 Å². The highest BCUT2D eigenvalue weighted by Crippen LogP contribution is 2.32. The number of methoxy groups -OCH3 is 1. The maximum atomic E-state index is 5.53. The largest absolute Gasteiger partial charge is 0.497 e. The Balaban J connectivity index is 1.58. The Hall–Kier alpha value is -2.80. The summed E-state index contributed by atoms with van der Waals surface area (Å²) >= 11 is 0. The minimum absolute atomic E-state index is 0.271. The first-order valence-electron chi connectivity index (χ1n) is 6.50. The topological polar surface area (TPSA) is 36.9 Å². The van der Waals surface area contributed by atoms with E-state index in [1.165, 1.54) is 0 Å². The van der Waals surface area contributed by atoms with E-state index in [0.717, 1.165) is 28.6 Å². The van der Waals surface area contributed by atoms with Crippen LogP contribution in [0.5, 0.6) is 23.0 Å². The third-order valence-corrected chi connectivity index (χ3v) is 2.98. The van der Waals surface area contributed by atoms with Crippen LogP contribution in [0.1, 0.15) is 5.56 Å². The van der Waals surface area contributed by atoms with Gasteiger partial charge in [-0.1, -0.05) is 11.8 Å². The maximum Gasteiger partial charge on any atom is 0.231 e. The third-order valence-electron chi connectivity index (χ3n) is 2.98. The number of ether oxygens (including phenoxy) is 4. The van der Waals surface area contributed by atoms with Crippen LogP contribution in [0.15, 0.2) is 42.5 Å². The van der Waals surface area contributed by atoms with Crippen LogP contribution in [0.2, 0.25) is 0 Å². The second-order valence-corrected chi connectivity index (χ2v) is 4.33. The van der Waals surface area contributed by atoms with Crippen LogP contribution < -0.4 is 18.9 Å². The molecule has 0 aromatic heterocycles. The highest BCUT2D eigenvalue weighted by atomic mass is 16.7. The molecule has 0 unspecified atom stereocenters. The summed E-state index contributed by atoms with van der Waals surface area (Å²) in [5.74, 6) is 9.06. The van der Waals surface area contributed by atoms with Gasteiger partial charge in [0.25, 0.3) is 0 Å². The maximum absolute atomic E-state index is 5.53. The number of rotatable bonds is 3. The molecule has 1 aliphatic heterocycles. The van der Waals surface area contributed by atoms with Gasteiger partial charge in [-0.3, -0.25) is 0 Å². The normalized spacial score (nSPS) is 11.5. The van der Waals surface area contributed by atoms with Crippen molar-refractivity contribution in [3.8, 4) is 34.8 Å². The highest BCUT2D eigenvalue weighted by Gasteiger charge is 2.12. The van der Waals surface area contributed by atoms with Crippen LogP contribution in [-0.2, 0) is 0 Å². The lowest BCUT2D eigenvalue weighted by Gasteiger charge is -2.03. The van der Waals surface area contributed by atoms with Crippen LogP contribution >= 0.6 is 0 Å². The van der Waals surface area contributed by atoms with Crippen molar-refractivity contribution < 1.29 is 18.9 Å². The number of benzene rings is 2. The Labute approximate surface area is 123 Å². The summed E-state index contributed by atoms with van der Waals surface area (Å²) in [5, 5.41) is 0. The Bertz CT molecular complexity index is 680. The molecule has 4 nitrogen and oxygen atoms in total. The SMILES string of the molecule is COc1ccc(OCC#Cc2ccc3c(c2)OCO3)cc1. The fourth-order valence-corrected chi connectivity index (χ4v) is 1.90. The Morgan fingerprint density at radius 1 is 1.00 bits per heavy atom. The molecule has 21 heavy (non-hydrogen) atoms. The molecule has 0 saturated heterocycles. The van der Waals surface area contributed by atoms with Gasteiger partial charge in [0.1, 0.15) is 18.1 Å². The summed E-state index contributed by atoms with van der Waals surface area (Å²) in [6, 6.07) is 13.0. The number of hydrogen-bond donors (Lipinski definition) is 0. The Morgan fingerprint density at radius 2 is 1.76 bits per heavy atom. The molecular weight excluding hydrogens is 268 g/mol. The van der Waals surface area contributed by atoms with Crippen molar-refractivity contribution in [1.82, 2.24) is 0 Å². The van der Waals surface area contributed by atoms with Crippen molar-refractivity contribution >= 4 is 0 Å². The molecule has 0 N–H and O–H groups in total. The molecule has 0 fully saturated rings. The minimum atomic E-state index is 0.271. The third kappa shape index (κ3) is 3.21. The molecule has 2 aromatic rings. The van der Waals surface area contributed by atoms with Gasteiger partial charge in [0.15, 0.2) is 11.5 Å². The summed E-state index contributed by atoms with van der Waals surface area (Å²) in [6.07, 6.45) is 0. The van der Waals surface area contributed by atoms with Gasteiger partial charge in [0.2, 0.25) is 6.79 Å². The van der Waals surface area contributed by atoms with Crippen molar-refractivity contribution in [3.05, 3.63) is 48.0 Å². The van der Waals surface area contributed by atoms with Crippen LogP contribution in [0.3, 0.4) is 0 Å². The van der Waals surface area contributed by atoms with E-state index in [9.17, 15) is 0 Å². The van der Waals surface area contributed by atoms with Crippen LogP contribution in [0.25, 0.3) is 0 Å². The van der Waals surface area contributed by atoms with E-state index in [4.69, 9.17) is 18.9 Å². The van der Waals surface area contributed by atoms with E-state index in [-0.39, 0.29) is 6.79 Å². The molecule has 0 amide bonds. The zero-order valence-electron chi connectivity index (χ0n) is 11.6. The number of hydrogen-bond acceptors (Lipinski definition) is 4. The van der Waals surface area contributed by atoms with Gasteiger partial charge >= 0.3 is 0 Å². The summed E-state index contributed by atoms with van der Waals surface area (Å²) in [5.41, 5.74) is 0.873. The van der Waals surface area contributed by atoms with E-state index >= 15 is 0 Å². The zero-order valence-corrected chi connectivity index (χ0v) is 11.6. The van der Waals surface area contributed by atoms with Crippen LogP contribution in [0, 0.1) is 11.8 Å². The fourth-order valence-electron chi connectivity index (χ4n) is 1.90. The highest BCUT2D eigenvalue weighted by molar-refractivity contribution is 5.49. The van der Waals surface area contributed by atoms with Gasteiger partial charge in [-0.2, -0.15) is 0 Å². The Kier molecular flexibility index (Phi) is 3.83. The molecule has 0 radical (unpaired) electrons. The van der Waals surface area contributed by atoms with Gasteiger partial charge < -0.3 is 18.9 Å². The van der Waals surface area contributed by atoms with E-state index in [1.807, 2.05) is 42.5 Å². The van der Waals surface area contributed by atoms with E-state index in [1.54, 1.807) is 7.11 Å². The van der Waals surface area contributed by atoms with Gasteiger partial charge in [-0.25, -0.2) is 0 Å². The first kappa shape index (κ1) is 13.2. The lowest BCUT2D eigenvalue weighted by molar-refractivity contribution is 0.174. The molecule has 3 rings (SSSR count). The van der Waals surface area contributed by atoms with E-state index < -0.39 is 0 Å². The fraction of sp³-hybridized carbons (Fsp3) is 0.176. The number of fused-ring (bicyclic) bond motifs is 1. The molecule has 106 valence electrons. The molecule has 1 aliphatic rings.